The molecule has 2 N–H and O–H groups in total. The Kier molecular flexibility index (Phi) is 8.54. The molecule has 0 aromatic carbocycles. The summed E-state index contributed by atoms with van der Waals surface area (Å²) in [6, 6.07) is 0. The molecule has 0 radical (unpaired) electrons. The van der Waals surface area contributed by atoms with E-state index in [9.17, 15) is 10.2 Å². The topological polar surface area (TPSA) is 103 Å². The van der Waals surface area contributed by atoms with E-state index in [1.165, 1.54) is 59.6 Å². The van der Waals surface area contributed by atoms with Crippen LogP contribution in [0.15, 0.2) is 23.3 Å². The Morgan fingerprint density at radius 2 is 0.984 bits per heavy atom. The lowest BCUT2D eigenvalue weighted by Crippen LogP contribution is -2.58. The number of fused-ring (bicyclic) bond motifs is 16. The fourth-order valence-corrected chi connectivity index (χ4v) is 19.1. The van der Waals surface area contributed by atoms with Crippen LogP contribution < -0.4 is 0 Å². The van der Waals surface area contributed by atoms with Crippen molar-refractivity contribution in [3.8, 4) is 0 Å². The second kappa shape index (κ2) is 13.1. The molecule has 1 aromatic rings. The quantitative estimate of drug-likeness (QED) is 0.250. The average Bonchev–Trinajstić information content (AvgIpc) is 3.89. The largest absolute Gasteiger partial charge is 0.392 e. The Hall–Kier alpha value is -1.68. The minimum Gasteiger partial charge on any atom is -0.392 e. The van der Waals surface area contributed by atoms with Crippen LogP contribution in [0.1, 0.15) is 142 Å². The van der Waals surface area contributed by atoms with Crippen molar-refractivity contribution in [1.29, 1.82) is 0 Å². The van der Waals surface area contributed by atoms with E-state index in [1.807, 2.05) is 0 Å². The molecule has 338 valence electrons. The van der Waals surface area contributed by atoms with Gasteiger partial charge in [-0.25, -0.2) is 0 Å². The predicted molar refractivity (Wildman–Crippen MR) is 235 cm³/mol. The van der Waals surface area contributed by atoms with Crippen LogP contribution in [0.4, 0.5) is 0 Å². The lowest BCUT2D eigenvalue weighted by molar-refractivity contribution is -0.265. The molecule has 1 aromatic heterocycles. The fraction of sp³-hybridized carbons (Fsp3) is 0.852. The summed E-state index contributed by atoms with van der Waals surface area (Å²) in [5.74, 6) is 4.14. The van der Waals surface area contributed by atoms with Gasteiger partial charge in [-0.05, 0) is 135 Å². The van der Waals surface area contributed by atoms with Gasteiger partial charge in [0, 0.05) is 47.3 Å². The van der Waals surface area contributed by atoms with Gasteiger partial charge in [0.2, 0.25) is 0 Å². The minimum atomic E-state index is -0.498. The van der Waals surface area contributed by atoms with Gasteiger partial charge in [0.25, 0.3) is 0 Å². The monoisotopic (exact) mass is 849 g/mol. The van der Waals surface area contributed by atoms with Crippen LogP contribution in [0.3, 0.4) is 0 Å². The molecule has 2 spiro atoms. The van der Waals surface area contributed by atoms with Gasteiger partial charge in [-0.2, -0.15) is 0 Å². The second-order valence-corrected chi connectivity index (χ2v) is 25.4. The van der Waals surface area contributed by atoms with Crippen LogP contribution in [0.2, 0.25) is 0 Å². The van der Waals surface area contributed by atoms with Crippen molar-refractivity contribution in [1.82, 2.24) is 9.97 Å². The third-order valence-corrected chi connectivity index (χ3v) is 22.9. The molecule has 8 fully saturated rings. The lowest BCUT2D eigenvalue weighted by atomic mass is 9.44. The van der Waals surface area contributed by atoms with Crippen LogP contribution in [-0.4, -0.2) is 69.4 Å². The number of aromatic nitrogens is 2. The highest BCUT2D eigenvalue weighted by Gasteiger charge is 2.71. The Labute approximate surface area is 371 Å². The van der Waals surface area contributed by atoms with Gasteiger partial charge in [-0.15, -0.1) is 0 Å². The van der Waals surface area contributed by atoms with E-state index in [1.54, 1.807) is 0 Å². The van der Waals surface area contributed by atoms with Crippen molar-refractivity contribution < 1.29 is 29.2 Å². The van der Waals surface area contributed by atoms with Gasteiger partial charge >= 0.3 is 0 Å². The molecular formula is C54H76N2O6. The maximum Gasteiger partial charge on any atom is 0.172 e. The molecule has 8 heteroatoms. The van der Waals surface area contributed by atoms with Crippen molar-refractivity contribution in [3.05, 3.63) is 46.1 Å². The van der Waals surface area contributed by atoms with E-state index in [-0.39, 0.29) is 69.7 Å². The van der Waals surface area contributed by atoms with E-state index in [0.717, 1.165) is 77.4 Å². The highest BCUT2D eigenvalue weighted by Crippen LogP contribution is 2.71. The summed E-state index contributed by atoms with van der Waals surface area (Å²) in [5, 5.41) is 24.9. The molecule has 0 unspecified atom stereocenters. The molecular weight excluding hydrogens is 773 g/mol. The lowest BCUT2D eigenvalue weighted by Gasteiger charge is -2.61. The standard InChI is InChI=1S/C54H76N2O6/c1-27-13-15-53(59-25-27)29(3)47-43(61-53)19-37-33-11-9-31-17-39-41(23-49(31,5)35(33)21-45(57)51(37,47)7)55-40-18-32-10-12-34-36(50(32,6)24-42(40)56-39)22-46(58)52(8)38(34)20-44-48(52)30(4)54(62-44)16-14-28(2)26-60-54/h19-20,27-36,43-48,57-58H,9-18,21-26H2,1-8H3/t27-,28-,29-,30-,31-,32-,33+,34+,35-,36-,43-,44-,45+,46+,47-,48-,49-,50-,51+,52+,53+,54+/m0/s1. The molecule has 12 aliphatic rings. The van der Waals surface area contributed by atoms with Gasteiger partial charge in [0.05, 0.1) is 60.4 Å². The number of ether oxygens (including phenoxy) is 4. The summed E-state index contributed by atoms with van der Waals surface area (Å²) in [5.41, 5.74) is 7.65. The Morgan fingerprint density at radius 3 is 1.37 bits per heavy atom. The van der Waals surface area contributed by atoms with Crippen molar-refractivity contribution in [3.63, 3.8) is 0 Å². The summed E-state index contributed by atoms with van der Waals surface area (Å²) >= 11 is 0. The van der Waals surface area contributed by atoms with Crippen LogP contribution in [-0.2, 0) is 44.6 Å². The first-order chi connectivity index (χ1) is 29.5. The number of rotatable bonds is 0. The summed E-state index contributed by atoms with van der Waals surface area (Å²) in [4.78, 5) is 11.3. The number of nitrogens with zero attached hydrogens (tertiary/aromatic N) is 2. The van der Waals surface area contributed by atoms with E-state index >= 15 is 0 Å². The highest BCUT2D eigenvalue weighted by atomic mass is 16.7. The number of hydrogen-bond acceptors (Lipinski definition) is 8. The summed E-state index contributed by atoms with van der Waals surface area (Å²) in [6.07, 6.45) is 19.0. The van der Waals surface area contributed by atoms with Crippen LogP contribution in [0, 0.1) is 92.7 Å². The molecule has 13 rings (SSSR count). The fourth-order valence-electron chi connectivity index (χ4n) is 19.1. The predicted octanol–water partition coefficient (Wildman–Crippen LogP) is 8.98. The molecule has 4 saturated carbocycles. The normalized spacial score (nSPS) is 57.8. The molecule has 8 aliphatic carbocycles. The Morgan fingerprint density at radius 1 is 0.565 bits per heavy atom. The molecule has 4 saturated heterocycles. The Balaban J connectivity index is 0.762. The number of hydrogen-bond donors (Lipinski definition) is 2. The van der Waals surface area contributed by atoms with Crippen LogP contribution in [0.5, 0.6) is 0 Å². The van der Waals surface area contributed by atoms with Gasteiger partial charge in [-0.1, -0.05) is 78.7 Å². The smallest absolute Gasteiger partial charge is 0.172 e. The second-order valence-electron chi connectivity index (χ2n) is 25.4. The maximum atomic E-state index is 12.4. The van der Waals surface area contributed by atoms with Crippen molar-refractivity contribution in [2.45, 2.75) is 181 Å². The maximum absolute atomic E-state index is 12.4. The highest BCUT2D eigenvalue weighted by molar-refractivity contribution is 5.40. The van der Waals surface area contributed by atoms with Gasteiger partial charge in [0.15, 0.2) is 11.6 Å². The van der Waals surface area contributed by atoms with E-state index in [4.69, 9.17) is 28.9 Å². The van der Waals surface area contributed by atoms with Crippen LogP contribution in [0.25, 0.3) is 0 Å². The molecule has 5 heterocycles. The zero-order valence-electron chi connectivity index (χ0n) is 39.1. The average molecular weight is 849 g/mol. The molecule has 22 atom stereocenters. The van der Waals surface area contributed by atoms with Crippen molar-refractivity contribution in [2.24, 2.45) is 92.7 Å². The van der Waals surface area contributed by atoms with Crippen LogP contribution >= 0.6 is 0 Å². The first-order valence-corrected chi connectivity index (χ1v) is 25.8. The molecule has 8 nitrogen and oxygen atoms in total. The van der Waals surface area contributed by atoms with Crippen molar-refractivity contribution >= 4 is 0 Å². The van der Waals surface area contributed by atoms with Gasteiger partial charge in [0.1, 0.15) is 0 Å². The molecule has 62 heavy (non-hydrogen) atoms. The van der Waals surface area contributed by atoms with Gasteiger partial charge in [-0.3, -0.25) is 9.97 Å². The molecule has 0 amide bonds. The van der Waals surface area contributed by atoms with E-state index in [0.29, 0.717) is 47.3 Å². The number of aliphatic hydroxyl groups excluding tert-OH is 2. The molecule has 0 bridgehead atoms. The number of aliphatic hydroxyl groups is 2. The first-order valence-electron chi connectivity index (χ1n) is 25.8. The minimum absolute atomic E-state index is 0.0317. The summed E-state index contributed by atoms with van der Waals surface area (Å²) in [6.45, 7) is 20.7. The van der Waals surface area contributed by atoms with E-state index in [2.05, 4.69) is 67.5 Å². The Bertz CT molecular complexity index is 1970. The first kappa shape index (κ1) is 40.6. The van der Waals surface area contributed by atoms with Gasteiger partial charge < -0.3 is 29.2 Å². The summed E-state index contributed by atoms with van der Waals surface area (Å²) in [7, 11) is 0. The summed E-state index contributed by atoms with van der Waals surface area (Å²) < 4.78 is 27.1. The SMILES string of the molecule is C[C@H]1CC[C@@]2(OC1)O[C@H]1C=C3[C@@H]4CC[C@H]5Cc6nc7c(nc6C[C@]5(C)[C@H]4C[C@@H](O)[C@]3(C)[C@H]1[C@@H]2C)C[C@@H]1CC[C@H]2C3=C[C@@H]4O[C@]5(CC[C@H](C)CO5)[C@@H](C)[C@@H]4[C@@]3(C)[C@H](O)C[C@@H]2[C@@]1(C)C7. The third kappa shape index (κ3) is 4.97. The molecule has 4 aliphatic heterocycles. The van der Waals surface area contributed by atoms with E-state index < -0.39 is 11.6 Å². The van der Waals surface area contributed by atoms with Crippen molar-refractivity contribution in [2.75, 3.05) is 13.2 Å². The zero-order valence-corrected chi connectivity index (χ0v) is 39.1. The third-order valence-electron chi connectivity index (χ3n) is 22.9. The zero-order chi connectivity index (χ0) is 42.7.